The molecule has 0 aliphatic carbocycles. The number of ether oxygens (including phenoxy) is 1. The van der Waals surface area contributed by atoms with Crippen molar-refractivity contribution in [2.24, 2.45) is 0 Å². The third-order valence-electron chi connectivity index (χ3n) is 2.63. The highest BCUT2D eigenvalue weighted by Gasteiger charge is 2.30. The van der Waals surface area contributed by atoms with Crippen LogP contribution in [0.4, 0.5) is 0 Å². The summed E-state index contributed by atoms with van der Waals surface area (Å²) in [5.41, 5.74) is 1.13. The van der Waals surface area contributed by atoms with Crippen LogP contribution >= 0.6 is 11.3 Å². The number of ketones is 1. The maximum absolute atomic E-state index is 12.4. The van der Waals surface area contributed by atoms with Crippen LogP contribution in [-0.2, 0) is 9.53 Å². The third-order valence-corrected chi connectivity index (χ3v) is 3.33. The number of aromatic nitrogens is 1. The number of carbonyl (C=O) groups is 2. The van der Waals surface area contributed by atoms with Gasteiger partial charge in [-0.15, -0.1) is 0 Å². The highest BCUT2D eigenvalue weighted by molar-refractivity contribution is 7.08. The predicted molar refractivity (Wildman–Crippen MR) is 72.3 cm³/mol. The summed E-state index contributed by atoms with van der Waals surface area (Å²) in [6, 6.07) is 4.97. The minimum atomic E-state index is -0.895. The lowest BCUT2D eigenvalue weighted by atomic mass is 9.93. The van der Waals surface area contributed by atoms with E-state index in [0.29, 0.717) is 11.1 Å². The number of pyridine rings is 1. The van der Waals surface area contributed by atoms with Crippen molar-refractivity contribution >= 4 is 23.1 Å². The van der Waals surface area contributed by atoms with E-state index in [1.54, 1.807) is 30.5 Å². The molecule has 4 nitrogen and oxygen atoms in total. The molecule has 0 aliphatic rings. The summed E-state index contributed by atoms with van der Waals surface area (Å²) in [7, 11) is 0. The molecule has 98 valence electrons. The molecule has 2 heterocycles. The summed E-state index contributed by atoms with van der Waals surface area (Å²) in [6.45, 7) is 1.97. The van der Waals surface area contributed by atoms with Crippen LogP contribution in [0.5, 0.6) is 0 Å². The van der Waals surface area contributed by atoms with Gasteiger partial charge in [0.15, 0.2) is 5.78 Å². The Kier molecular flexibility index (Phi) is 4.41. The molecule has 0 saturated heterocycles. The molecule has 0 fully saturated rings. The topological polar surface area (TPSA) is 56.3 Å². The van der Waals surface area contributed by atoms with Crippen LogP contribution in [0.3, 0.4) is 0 Å². The van der Waals surface area contributed by atoms with E-state index in [-0.39, 0.29) is 12.4 Å². The Morgan fingerprint density at radius 2 is 2.05 bits per heavy atom. The zero-order valence-corrected chi connectivity index (χ0v) is 11.2. The number of nitrogens with zero attached hydrogens (tertiary/aromatic N) is 1. The molecule has 0 saturated carbocycles. The second kappa shape index (κ2) is 6.24. The third kappa shape index (κ3) is 3.06. The molecule has 0 radical (unpaired) electrons. The SMILES string of the molecule is CCOC(=O)C(C(=O)c1ccncc1)c1ccsc1. The number of carbonyl (C=O) groups excluding carboxylic acids is 2. The van der Waals surface area contributed by atoms with Crippen molar-refractivity contribution in [3.05, 3.63) is 52.5 Å². The van der Waals surface area contributed by atoms with Crippen LogP contribution < -0.4 is 0 Å². The molecule has 2 aromatic heterocycles. The second-order valence-corrected chi connectivity index (χ2v) is 4.62. The lowest BCUT2D eigenvalue weighted by molar-refractivity contribution is -0.143. The lowest BCUT2D eigenvalue weighted by Gasteiger charge is -2.13. The molecule has 2 aromatic rings. The summed E-state index contributed by atoms with van der Waals surface area (Å²) in [4.78, 5) is 28.3. The van der Waals surface area contributed by atoms with Crippen molar-refractivity contribution in [2.45, 2.75) is 12.8 Å². The molecule has 0 aromatic carbocycles. The highest BCUT2D eigenvalue weighted by atomic mass is 32.1. The molecule has 0 bridgehead atoms. The molecular formula is C14H13NO3S. The minimum Gasteiger partial charge on any atom is -0.465 e. The van der Waals surface area contributed by atoms with Crippen LogP contribution in [0.15, 0.2) is 41.4 Å². The van der Waals surface area contributed by atoms with Gasteiger partial charge in [0.2, 0.25) is 0 Å². The number of Topliss-reactive ketones (excluding diaryl/α,β-unsaturated/α-hetero) is 1. The van der Waals surface area contributed by atoms with Gasteiger partial charge in [0, 0.05) is 18.0 Å². The van der Waals surface area contributed by atoms with Crippen LogP contribution in [-0.4, -0.2) is 23.3 Å². The van der Waals surface area contributed by atoms with Crippen molar-refractivity contribution in [3.63, 3.8) is 0 Å². The molecule has 0 N–H and O–H groups in total. The maximum atomic E-state index is 12.4. The molecule has 0 spiro atoms. The fourth-order valence-electron chi connectivity index (χ4n) is 1.74. The number of thiophene rings is 1. The Labute approximate surface area is 115 Å². The van der Waals surface area contributed by atoms with Gasteiger partial charge >= 0.3 is 5.97 Å². The normalized spacial score (nSPS) is 11.8. The first-order valence-electron chi connectivity index (χ1n) is 5.87. The van der Waals surface area contributed by atoms with Gasteiger partial charge in [-0.3, -0.25) is 14.6 Å². The summed E-state index contributed by atoms with van der Waals surface area (Å²) < 4.78 is 5.00. The van der Waals surface area contributed by atoms with Crippen molar-refractivity contribution in [3.8, 4) is 0 Å². The molecule has 1 unspecified atom stereocenters. The van der Waals surface area contributed by atoms with Gasteiger partial charge in [-0.2, -0.15) is 11.3 Å². The monoisotopic (exact) mass is 275 g/mol. The van der Waals surface area contributed by atoms with E-state index in [1.807, 2.05) is 5.38 Å². The molecule has 2 rings (SSSR count). The van der Waals surface area contributed by atoms with Crippen molar-refractivity contribution < 1.29 is 14.3 Å². The van der Waals surface area contributed by atoms with Gasteiger partial charge in [-0.1, -0.05) is 0 Å². The Morgan fingerprint density at radius 1 is 1.32 bits per heavy atom. The van der Waals surface area contributed by atoms with Gasteiger partial charge in [-0.25, -0.2) is 0 Å². The molecule has 5 heteroatoms. The lowest BCUT2D eigenvalue weighted by Crippen LogP contribution is -2.24. The van der Waals surface area contributed by atoms with E-state index >= 15 is 0 Å². The molecule has 0 amide bonds. The summed E-state index contributed by atoms with van der Waals surface area (Å²) in [5.74, 6) is -1.67. The molecule has 0 aliphatic heterocycles. The Hall–Kier alpha value is -2.01. The van der Waals surface area contributed by atoms with Crippen molar-refractivity contribution in [1.29, 1.82) is 0 Å². The van der Waals surface area contributed by atoms with Gasteiger partial charge < -0.3 is 4.74 Å². The van der Waals surface area contributed by atoms with E-state index in [0.717, 1.165) is 0 Å². The fourth-order valence-corrected chi connectivity index (χ4v) is 2.43. The Morgan fingerprint density at radius 3 is 2.63 bits per heavy atom. The summed E-state index contributed by atoms with van der Waals surface area (Å²) >= 11 is 1.44. The molecule has 19 heavy (non-hydrogen) atoms. The molecule has 1 atom stereocenters. The van der Waals surface area contributed by atoms with E-state index in [4.69, 9.17) is 4.74 Å². The van der Waals surface area contributed by atoms with Crippen molar-refractivity contribution in [1.82, 2.24) is 4.98 Å². The first-order valence-corrected chi connectivity index (χ1v) is 6.81. The van der Waals surface area contributed by atoms with E-state index in [2.05, 4.69) is 4.98 Å². The Bertz CT molecular complexity index is 551. The number of hydrogen-bond acceptors (Lipinski definition) is 5. The average molecular weight is 275 g/mol. The van der Waals surface area contributed by atoms with Crippen LogP contribution in [0.1, 0.15) is 28.8 Å². The Balaban J connectivity index is 2.33. The molecular weight excluding hydrogens is 262 g/mol. The zero-order chi connectivity index (χ0) is 13.7. The van der Waals surface area contributed by atoms with Crippen LogP contribution in [0.25, 0.3) is 0 Å². The minimum absolute atomic E-state index is 0.253. The van der Waals surface area contributed by atoms with Gasteiger partial charge in [-0.05, 0) is 41.4 Å². The standard InChI is InChI=1S/C14H13NO3S/c1-2-18-14(17)12(11-5-8-19-9-11)13(16)10-3-6-15-7-4-10/h3-9,12H,2H2,1H3. The van der Waals surface area contributed by atoms with Crippen LogP contribution in [0, 0.1) is 0 Å². The largest absolute Gasteiger partial charge is 0.465 e. The summed E-state index contributed by atoms with van der Waals surface area (Å²) in [5, 5.41) is 3.63. The second-order valence-electron chi connectivity index (χ2n) is 3.84. The van der Waals surface area contributed by atoms with E-state index in [9.17, 15) is 9.59 Å². The number of hydrogen-bond donors (Lipinski definition) is 0. The fraction of sp³-hybridized carbons (Fsp3) is 0.214. The average Bonchev–Trinajstić information content (AvgIpc) is 2.94. The first-order chi connectivity index (χ1) is 9.24. The first kappa shape index (κ1) is 13.4. The summed E-state index contributed by atoms with van der Waals surface area (Å²) in [6.07, 6.45) is 3.06. The maximum Gasteiger partial charge on any atom is 0.321 e. The van der Waals surface area contributed by atoms with Gasteiger partial charge in [0.1, 0.15) is 5.92 Å². The van der Waals surface area contributed by atoms with Gasteiger partial charge in [0.25, 0.3) is 0 Å². The predicted octanol–water partition coefficient (Wildman–Crippen LogP) is 2.67. The van der Waals surface area contributed by atoms with Gasteiger partial charge in [0.05, 0.1) is 6.61 Å². The number of rotatable bonds is 5. The number of esters is 1. The van der Waals surface area contributed by atoms with E-state index < -0.39 is 11.9 Å². The van der Waals surface area contributed by atoms with Crippen molar-refractivity contribution in [2.75, 3.05) is 6.61 Å². The highest BCUT2D eigenvalue weighted by Crippen LogP contribution is 2.24. The van der Waals surface area contributed by atoms with E-state index in [1.165, 1.54) is 23.7 Å². The smallest absolute Gasteiger partial charge is 0.321 e. The quantitative estimate of drug-likeness (QED) is 0.478. The van der Waals surface area contributed by atoms with Crippen LogP contribution in [0.2, 0.25) is 0 Å². The zero-order valence-electron chi connectivity index (χ0n) is 10.4.